The summed E-state index contributed by atoms with van der Waals surface area (Å²) in [5.41, 5.74) is 9.35. The van der Waals surface area contributed by atoms with Crippen molar-refractivity contribution < 1.29 is 0 Å². The Morgan fingerprint density at radius 1 is 1.29 bits per heavy atom. The lowest BCUT2D eigenvalue weighted by molar-refractivity contribution is 0.373. The van der Waals surface area contributed by atoms with E-state index in [4.69, 9.17) is 5.73 Å². The van der Waals surface area contributed by atoms with Crippen molar-refractivity contribution in [1.82, 2.24) is 4.90 Å². The molecule has 0 aliphatic carbocycles. The number of hydrogen-bond acceptors (Lipinski definition) is 3. The number of nitrogens with zero attached hydrogens (tertiary/aromatic N) is 2. The van der Waals surface area contributed by atoms with Crippen molar-refractivity contribution in [3.63, 3.8) is 0 Å². The summed E-state index contributed by atoms with van der Waals surface area (Å²) in [5, 5.41) is 0. The first-order valence-corrected chi connectivity index (χ1v) is 6.23. The van der Waals surface area contributed by atoms with E-state index in [1.54, 1.807) is 0 Å². The van der Waals surface area contributed by atoms with Gasteiger partial charge in [0.05, 0.1) is 11.4 Å². The first kappa shape index (κ1) is 13.8. The molecule has 2 N–H and O–H groups in total. The Morgan fingerprint density at radius 2 is 1.94 bits per heavy atom. The lowest BCUT2D eigenvalue weighted by Gasteiger charge is -2.33. The van der Waals surface area contributed by atoms with E-state index in [-0.39, 0.29) is 0 Å². The van der Waals surface area contributed by atoms with Crippen molar-refractivity contribution in [2.75, 3.05) is 37.8 Å². The summed E-state index contributed by atoms with van der Waals surface area (Å²) in [6, 6.07) is 6.68. The van der Waals surface area contributed by atoms with Crippen LogP contribution < -0.4 is 10.6 Å². The number of nitrogens with two attached hydrogens (primary N) is 1. The molecular formula is C14H25N3. The number of likely N-dealkylation sites (N-methyl/N-ethyl adjacent to an activating group) is 2. The molecule has 3 heteroatoms. The average Bonchev–Trinajstić information content (AvgIpc) is 2.23. The lowest BCUT2D eigenvalue weighted by atomic mass is 10.1. The van der Waals surface area contributed by atoms with E-state index >= 15 is 0 Å². The quantitative estimate of drug-likeness (QED) is 0.795. The van der Waals surface area contributed by atoms with Gasteiger partial charge in [0.15, 0.2) is 0 Å². The molecule has 17 heavy (non-hydrogen) atoms. The Balaban J connectivity index is 2.96. The fourth-order valence-corrected chi connectivity index (χ4v) is 2.25. The molecule has 96 valence electrons. The van der Waals surface area contributed by atoms with E-state index < -0.39 is 0 Å². The van der Waals surface area contributed by atoms with Crippen LogP contribution in [0.3, 0.4) is 0 Å². The molecule has 3 nitrogen and oxygen atoms in total. The number of hydrogen-bond donors (Lipinski definition) is 1. The first-order valence-electron chi connectivity index (χ1n) is 6.23. The molecule has 0 saturated carbocycles. The minimum atomic E-state index is 0.457. The predicted octanol–water partition coefficient (Wildman–Crippen LogP) is 2.35. The summed E-state index contributed by atoms with van der Waals surface area (Å²) >= 11 is 0. The molecule has 0 bridgehead atoms. The van der Waals surface area contributed by atoms with Crippen LogP contribution in [-0.4, -0.2) is 38.1 Å². The second-order valence-corrected chi connectivity index (χ2v) is 4.96. The van der Waals surface area contributed by atoms with Crippen molar-refractivity contribution in [2.45, 2.75) is 26.8 Å². The summed E-state index contributed by atoms with van der Waals surface area (Å²) in [6.45, 7) is 8.52. The van der Waals surface area contributed by atoms with Crippen LogP contribution in [0.2, 0.25) is 0 Å². The summed E-state index contributed by atoms with van der Waals surface area (Å²) in [6.07, 6.45) is 0. The SMILES string of the molecule is CCN(c1cc(C)ccc1N)C(C)CN(C)C. The van der Waals surface area contributed by atoms with Crippen LogP contribution in [0.4, 0.5) is 11.4 Å². The summed E-state index contributed by atoms with van der Waals surface area (Å²) in [5.74, 6) is 0. The van der Waals surface area contributed by atoms with E-state index in [2.05, 4.69) is 56.8 Å². The Labute approximate surface area is 105 Å². The molecule has 1 unspecified atom stereocenters. The third kappa shape index (κ3) is 3.63. The minimum Gasteiger partial charge on any atom is -0.397 e. The molecule has 0 spiro atoms. The highest BCUT2D eigenvalue weighted by Crippen LogP contribution is 2.26. The van der Waals surface area contributed by atoms with Crippen LogP contribution in [0.1, 0.15) is 19.4 Å². The molecular weight excluding hydrogens is 210 g/mol. The highest BCUT2D eigenvalue weighted by Gasteiger charge is 2.15. The number of benzene rings is 1. The van der Waals surface area contributed by atoms with Crippen molar-refractivity contribution >= 4 is 11.4 Å². The molecule has 1 atom stereocenters. The van der Waals surface area contributed by atoms with E-state index in [1.165, 1.54) is 5.56 Å². The normalized spacial score (nSPS) is 12.8. The summed E-state index contributed by atoms with van der Waals surface area (Å²) in [4.78, 5) is 4.57. The third-order valence-corrected chi connectivity index (χ3v) is 3.00. The van der Waals surface area contributed by atoms with Gasteiger partial charge < -0.3 is 15.5 Å². The van der Waals surface area contributed by atoms with Gasteiger partial charge in [0.25, 0.3) is 0 Å². The van der Waals surface area contributed by atoms with Gasteiger partial charge in [0.1, 0.15) is 0 Å². The van der Waals surface area contributed by atoms with Gasteiger partial charge in [-0.2, -0.15) is 0 Å². The van der Waals surface area contributed by atoms with Crippen molar-refractivity contribution in [3.05, 3.63) is 23.8 Å². The number of aryl methyl sites for hydroxylation is 1. The molecule has 0 aliphatic heterocycles. The van der Waals surface area contributed by atoms with E-state index in [9.17, 15) is 0 Å². The molecule has 1 aromatic carbocycles. The maximum absolute atomic E-state index is 6.08. The molecule has 0 fully saturated rings. The van der Waals surface area contributed by atoms with E-state index in [0.717, 1.165) is 24.5 Å². The van der Waals surface area contributed by atoms with Crippen molar-refractivity contribution in [2.24, 2.45) is 0 Å². The van der Waals surface area contributed by atoms with Gasteiger partial charge in [-0.3, -0.25) is 0 Å². The maximum Gasteiger partial charge on any atom is 0.0605 e. The van der Waals surface area contributed by atoms with E-state index in [1.807, 2.05) is 6.07 Å². The smallest absolute Gasteiger partial charge is 0.0605 e. The van der Waals surface area contributed by atoms with Crippen molar-refractivity contribution in [3.8, 4) is 0 Å². The van der Waals surface area contributed by atoms with Gasteiger partial charge in [0.2, 0.25) is 0 Å². The zero-order valence-corrected chi connectivity index (χ0v) is 11.7. The first-order chi connectivity index (χ1) is 7.95. The van der Waals surface area contributed by atoms with Crippen LogP contribution in [0.5, 0.6) is 0 Å². The Kier molecular flexibility index (Phi) is 4.82. The highest BCUT2D eigenvalue weighted by molar-refractivity contribution is 5.68. The number of anilines is 2. The number of nitrogen functional groups attached to an aromatic ring is 1. The predicted molar refractivity (Wildman–Crippen MR) is 76.6 cm³/mol. The van der Waals surface area contributed by atoms with Crippen LogP contribution >= 0.6 is 0 Å². The second kappa shape index (κ2) is 5.92. The summed E-state index contributed by atoms with van der Waals surface area (Å²) in [7, 11) is 4.20. The van der Waals surface area contributed by atoms with Gasteiger partial charge in [0, 0.05) is 19.1 Å². The molecule has 0 saturated heterocycles. The molecule has 0 aromatic heterocycles. The molecule has 0 radical (unpaired) electrons. The molecule has 0 amide bonds. The minimum absolute atomic E-state index is 0.457. The van der Waals surface area contributed by atoms with Gasteiger partial charge in [-0.1, -0.05) is 6.07 Å². The monoisotopic (exact) mass is 235 g/mol. The molecule has 1 aromatic rings. The van der Waals surface area contributed by atoms with Crippen LogP contribution in [-0.2, 0) is 0 Å². The van der Waals surface area contributed by atoms with Crippen LogP contribution in [0.15, 0.2) is 18.2 Å². The Morgan fingerprint density at radius 3 is 2.47 bits per heavy atom. The second-order valence-electron chi connectivity index (χ2n) is 4.96. The molecule has 1 rings (SSSR count). The maximum atomic E-state index is 6.08. The van der Waals surface area contributed by atoms with Crippen molar-refractivity contribution in [1.29, 1.82) is 0 Å². The largest absolute Gasteiger partial charge is 0.397 e. The van der Waals surface area contributed by atoms with Crippen LogP contribution in [0, 0.1) is 6.92 Å². The van der Waals surface area contributed by atoms with E-state index in [0.29, 0.717) is 6.04 Å². The van der Waals surface area contributed by atoms with Gasteiger partial charge in [-0.15, -0.1) is 0 Å². The van der Waals surface area contributed by atoms with Gasteiger partial charge in [-0.25, -0.2) is 0 Å². The average molecular weight is 235 g/mol. The Bertz CT molecular complexity index is 360. The lowest BCUT2D eigenvalue weighted by Crippen LogP contribution is -2.40. The van der Waals surface area contributed by atoms with Gasteiger partial charge in [-0.05, 0) is 52.6 Å². The molecule has 0 heterocycles. The summed E-state index contributed by atoms with van der Waals surface area (Å²) < 4.78 is 0. The fourth-order valence-electron chi connectivity index (χ4n) is 2.25. The standard InChI is InChI=1S/C14H25N3/c1-6-17(12(3)10-16(4)5)14-9-11(2)7-8-13(14)15/h7-9,12H,6,10,15H2,1-5H3. The van der Waals surface area contributed by atoms with Crippen LogP contribution in [0.25, 0.3) is 0 Å². The highest BCUT2D eigenvalue weighted by atomic mass is 15.2. The fraction of sp³-hybridized carbons (Fsp3) is 0.571. The zero-order valence-electron chi connectivity index (χ0n) is 11.7. The number of rotatable bonds is 5. The third-order valence-electron chi connectivity index (χ3n) is 3.00. The Hall–Kier alpha value is -1.22. The topological polar surface area (TPSA) is 32.5 Å². The molecule has 0 aliphatic rings. The van der Waals surface area contributed by atoms with Gasteiger partial charge >= 0.3 is 0 Å². The zero-order chi connectivity index (χ0) is 13.0.